The molecule has 12 heavy (non-hydrogen) atoms. The van der Waals surface area contributed by atoms with Gasteiger partial charge in [-0.1, -0.05) is 36.9 Å². The van der Waals surface area contributed by atoms with Crippen LogP contribution in [0.3, 0.4) is 0 Å². The van der Waals surface area contributed by atoms with Gasteiger partial charge in [0.05, 0.1) is 5.04 Å². The van der Waals surface area contributed by atoms with E-state index in [2.05, 4.69) is 36.2 Å². The molecular weight excluding hydrogens is 166 g/mol. The molecular formula is C10H11NS. The Morgan fingerprint density at radius 3 is 2.75 bits per heavy atom. The number of nitrogens with zero attached hydrogens (tertiary/aromatic N) is 1. The molecule has 1 nitrogen and oxygen atoms in total. The molecule has 0 fully saturated rings. The van der Waals surface area contributed by atoms with Crippen molar-refractivity contribution in [1.29, 1.82) is 0 Å². The van der Waals surface area contributed by atoms with Crippen molar-refractivity contribution in [3.63, 3.8) is 0 Å². The van der Waals surface area contributed by atoms with E-state index in [1.54, 1.807) is 11.8 Å². The molecule has 1 atom stereocenters. The Bertz CT molecular complexity index is 330. The zero-order chi connectivity index (χ0) is 8.55. The molecule has 1 unspecified atom stereocenters. The number of fused-ring (bicyclic) bond motifs is 1. The summed E-state index contributed by atoms with van der Waals surface area (Å²) in [5.74, 6) is 0.496. The summed E-state index contributed by atoms with van der Waals surface area (Å²) >= 11 is 1.79. The van der Waals surface area contributed by atoms with Gasteiger partial charge in [-0.3, -0.25) is 4.99 Å². The Labute approximate surface area is 76.9 Å². The molecule has 62 valence electrons. The molecule has 1 aromatic rings. The van der Waals surface area contributed by atoms with Crippen molar-refractivity contribution in [2.45, 2.75) is 17.7 Å². The van der Waals surface area contributed by atoms with E-state index in [0.717, 1.165) is 0 Å². The summed E-state index contributed by atoms with van der Waals surface area (Å²) in [5.41, 5.74) is 1.42. The van der Waals surface area contributed by atoms with Crippen LogP contribution in [0.25, 0.3) is 0 Å². The molecule has 0 bridgehead atoms. The van der Waals surface area contributed by atoms with Gasteiger partial charge in [0.15, 0.2) is 0 Å². The highest BCUT2D eigenvalue weighted by Crippen LogP contribution is 2.40. The Balaban J connectivity index is 2.49. The number of thioether (sulfide) groups is 1. The molecule has 2 heteroatoms. The Morgan fingerprint density at radius 2 is 2.08 bits per heavy atom. The van der Waals surface area contributed by atoms with Gasteiger partial charge in [0.25, 0.3) is 0 Å². The van der Waals surface area contributed by atoms with E-state index >= 15 is 0 Å². The number of rotatable bonds is 0. The quantitative estimate of drug-likeness (QED) is 0.593. The third-order valence-corrected chi connectivity index (χ3v) is 3.53. The van der Waals surface area contributed by atoms with Gasteiger partial charge in [0.1, 0.15) is 0 Å². The van der Waals surface area contributed by atoms with Crippen LogP contribution in [-0.4, -0.2) is 12.1 Å². The zero-order valence-electron chi connectivity index (χ0n) is 7.24. The molecule has 0 radical (unpaired) electrons. The Hall–Kier alpha value is -0.760. The van der Waals surface area contributed by atoms with Gasteiger partial charge >= 0.3 is 0 Å². The van der Waals surface area contributed by atoms with Crippen molar-refractivity contribution < 1.29 is 0 Å². The predicted octanol–water partition coefficient (Wildman–Crippen LogP) is 2.92. The van der Waals surface area contributed by atoms with Gasteiger partial charge in [0.2, 0.25) is 0 Å². The van der Waals surface area contributed by atoms with Gasteiger partial charge < -0.3 is 0 Å². The smallest absolute Gasteiger partial charge is 0.0792 e. The van der Waals surface area contributed by atoms with E-state index < -0.39 is 0 Å². The van der Waals surface area contributed by atoms with Crippen LogP contribution in [0.2, 0.25) is 0 Å². The summed E-state index contributed by atoms with van der Waals surface area (Å²) in [6.45, 7) is 2.21. The van der Waals surface area contributed by atoms with Crippen LogP contribution in [0, 0.1) is 0 Å². The summed E-state index contributed by atoms with van der Waals surface area (Å²) in [4.78, 5) is 5.63. The number of hydrogen-bond donors (Lipinski definition) is 0. The summed E-state index contributed by atoms with van der Waals surface area (Å²) in [5, 5.41) is 1.23. The van der Waals surface area contributed by atoms with Crippen LogP contribution >= 0.6 is 11.8 Å². The fraction of sp³-hybridized carbons (Fsp3) is 0.300. The van der Waals surface area contributed by atoms with Crippen LogP contribution in [0.5, 0.6) is 0 Å². The zero-order valence-corrected chi connectivity index (χ0v) is 8.06. The molecule has 1 aliphatic heterocycles. The van der Waals surface area contributed by atoms with Crippen molar-refractivity contribution in [2.75, 3.05) is 7.05 Å². The molecule has 0 aromatic heterocycles. The normalized spacial score (nSPS) is 24.5. The van der Waals surface area contributed by atoms with E-state index in [0.29, 0.717) is 5.92 Å². The van der Waals surface area contributed by atoms with Gasteiger partial charge in [-0.05, 0) is 11.6 Å². The third kappa shape index (κ3) is 1.07. The second-order valence-electron chi connectivity index (χ2n) is 2.92. The summed E-state index contributed by atoms with van der Waals surface area (Å²) in [6, 6.07) is 8.52. The highest BCUT2D eigenvalue weighted by atomic mass is 32.2. The monoisotopic (exact) mass is 177 g/mol. The van der Waals surface area contributed by atoms with Crippen LogP contribution < -0.4 is 0 Å². The van der Waals surface area contributed by atoms with Crippen LogP contribution in [-0.2, 0) is 0 Å². The first-order chi connectivity index (χ1) is 5.83. The minimum absolute atomic E-state index is 0.496. The van der Waals surface area contributed by atoms with Gasteiger partial charge in [-0.25, -0.2) is 0 Å². The maximum absolute atomic E-state index is 4.26. The van der Waals surface area contributed by atoms with Crippen LogP contribution in [0.1, 0.15) is 18.4 Å². The summed E-state index contributed by atoms with van der Waals surface area (Å²) < 4.78 is 0. The topological polar surface area (TPSA) is 12.4 Å². The molecule has 1 heterocycles. The fourth-order valence-corrected chi connectivity index (χ4v) is 2.63. The first-order valence-corrected chi connectivity index (χ1v) is 4.88. The van der Waals surface area contributed by atoms with E-state index in [1.165, 1.54) is 15.5 Å². The minimum atomic E-state index is 0.496. The maximum Gasteiger partial charge on any atom is 0.0792 e. The van der Waals surface area contributed by atoms with Gasteiger partial charge in [0, 0.05) is 17.9 Å². The molecule has 1 aromatic carbocycles. The van der Waals surface area contributed by atoms with E-state index in [4.69, 9.17) is 0 Å². The standard InChI is InChI=1S/C10H11NS/c1-7-8-5-3-4-6-9(8)12-10(7)11-2/h3-7H,1-2H3. The van der Waals surface area contributed by atoms with E-state index in [1.807, 2.05) is 7.05 Å². The fourth-order valence-electron chi connectivity index (χ4n) is 1.50. The number of hydrogen-bond acceptors (Lipinski definition) is 2. The minimum Gasteiger partial charge on any atom is -0.285 e. The molecule has 0 saturated heterocycles. The highest BCUT2D eigenvalue weighted by Gasteiger charge is 2.24. The summed E-state index contributed by atoms with van der Waals surface area (Å²) in [7, 11) is 1.87. The highest BCUT2D eigenvalue weighted by molar-refractivity contribution is 8.14. The lowest BCUT2D eigenvalue weighted by Gasteiger charge is -2.01. The van der Waals surface area contributed by atoms with Crippen molar-refractivity contribution in [1.82, 2.24) is 0 Å². The molecule has 0 spiro atoms. The van der Waals surface area contributed by atoms with Crippen molar-refractivity contribution in [3.8, 4) is 0 Å². The van der Waals surface area contributed by atoms with Crippen LogP contribution in [0.15, 0.2) is 34.2 Å². The van der Waals surface area contributed by atoms with Crippen LogP contribution in [0.4, 0.5) is 0 Å². The molecule has 0 amide bonds. The van der Waals surface area contributed by atoms with E-state index in [-0.39, 0.29) is 0 Å². The van der Waals surface area contributed by atoms with Crippen molar-refractivity contribution >= 4 is 16.8 Å². The SMILES string of the molecule is CN=C1Sc2ccccc2C1C. The molecule has 0 saturated carbocycles. The average Bonchev–Trinajstić information content (AvgIpc) is 2.44. The first kappa shape index (κ1) is 7.87. The van der Waals surface area contributed by atoms with Crippen molar-refractivity contribution in [3.05, 3.63) is 29.8 Å². The largest absolute Gasteiger partial charge is 0.285 e. The number of benzene rings is 1. The molecule has 2 rings (SSSR count). The second-order valence-corrected chi connectivity index (χ2v) is 3.99. The molecule has 1 aliphatic rings. The Kier molecular flexibility index (Phi) is 1.93. The predicted molar refractivity (Wildman–Crippen MR) is 54.1 cm³/mol. The van der Waals surface area contributed by atoms with Crippen molar-refractivity contribution in [2.24, 2.45) is 4.99 Å². The summed E-state index contributed by atoms with van der Waals surface area (Å²) in [6.07, 6.45) is 0. The lowest BCUT2D eigenvalue weighted by atomic mass is 10.0. The average molecular weight is 177 g/mol. The number of aliphatic imine (C=N–C) groups is 1. The Morgan fingerprint density at radius 1 is 1.33 bits per heavy atom. The molecule has 0 aliphatic carbocycles. The maximum atomic E-state index is 4.26. The third-order valence-electron chi connectivity index (χ3n) is 2.19. The van der Waals surface area contributed by atoms with Gasteiger partial charge in [-0.15, -0.1) is 0 Å². The van der Waals surface area contributed by atoms with E-state index in [9.17, 15) is 0 Å². The second kappa shape index (κ2) is 2.94. The first-order valence-electron chi connectivity index (χ1n) is 4.06. The lowest BCUT2D eigenvalue weighted by Crippen LogP contribution is -1.96. The molecule has 0 N–H and O–H groups in total. The lowest BCUT2D eigenvalue weighted by molar-refractivity contribution is 1.01. The van der Waals surface area contributed by atoms with Gasteiger partial charge in [-0.2, -0.15) is 0 Å².